The number of hydrogen-bond acceptors (Lipinski definition) is 7. The molecule has 0 heterocycles. The zero-order valence-corrected chi connectivity index (χ0v) is 15.3. The Morgan fingerprint density at radius 1 is 0.522 bits per heavy atom. The lowest BCUT2D eigenvalue weighted by Gasteiger charge is -2.18. The van der Waals surface area contributed by atoms with E-state index in [1.165, 1.54) is 0 Å². The molecule has 0 aliphatic heterocycles. The average Bonchev–Trinajstić information content (AvgIpc) is 2.54. The van der Waals surface area contributed by atoms with Crippen LogP contribution in [0.15, 0.2) is 0 Å². The minimum Gasteiger partial charge on any atom is -0.330 e. The van der Waals surface area contributed by atoms with E-state index in [4.69, 9.17) is 30.8 Å². The van der Waals surface area contributed by atoms with Crippen LogP contribution in [-0.4, -0.2) is 39.5 Å². The molecule has 0 radical (unpaired) electrons. The highest BCUT2D eigenvalue weighted by Crippen LogP contribution is 2.49. The molecular weight excluding hydrogens is 317 g/mol. The minimum absolute atomic E-state index is 0.364. The van der Waals surface area contributed by atoms with Gasteiger partial charge in [0.25, 0.3) is 0 Å². The van der Waals surface area contributed by atoms with Gasteiger partial charge in [-0.15, -0.1) is 0 Å². The molecule has 0 saturated heterocycles. The molecule has 0 aromatic heterocycles. The predicted octanol–water partition coefficient (Wildman–Crippen LogP) is 2.53. The molecule has 0 aromatic rings. The van der Waals surface area contributed by atoms with Gasteiger partial charge >= 0.3 is 7.82 Å². The molecular formula is C15H36N3O4P. The molecule has 8 heteroatoms. The SMILES string of the molecule is NCCCCCOP(=O)(OCCCCCN)OCCCCCN. The van der Waals surface area contributed by atoms with Gasteiger partial charge in [0.05, 0.1) is 19.8 Å². The van der Waals surface area contributed by atoms with Crippen molar-refractivity contribution >= 4 is 7.82 Å². The van der Waals surface area contributed by atoms with Gasteiger partial charge in [-0.1, -0.05) is 0 Å². The van der Waals surface area contributed by atoms with E-state index in [9.17, 15) is 4.57 Å². The van der Waals surface area contributed by atoms with Crippen LogP contribution in [0.1, 0.15) is 57.8 Å². The van der Waals surface area contributed by atoms with Crippen LogP contribution in [0, 0.1) is 0 Å². The number of phosphoric acid groups is 1. The van der Waals surface area contributed by atoms with Gasteiger partial charge in [-0.25, -0.2) is 4.57 Å². The van der Waals surface area contributed by atoms with E-state index in [2.05, 4.69) is 0 Å². The summed E-state index contributed by atoms with van der Waals surface area (Å²) in [7, 11) is -3.46. The van der Waals surface area contributed by atoms with Crippen LogP contribution in [0.2, 0.25) is 0 Å². The molecule has 6 N–H and O–H groups in total. The number of rotatable bonds is 18. The van der Waals surface area contributed by atoms with Crippen LogP contribution in [-0.2, 0) is 18.1 Å². The molecule has 0 unspecified atom stereocenters. The Bertz CT molecular complexity index is 253. The van der Waals surface area contributed by atoms with Gasteiger partial charge in [0.2, 0.25) is 0 Å². The second-order valence-corrected chi connectivity index (χ2v) is 7.16. The molecule has 7 nitrogen and oxygen atoms in total. The Labute approximate surface area is 141 Å². The van der Waals surface area contributed by atoms with Crippen molar-refractivity contribution in [1.29, 1.82) is 0 Å². The summed E-state index contributed by atoms with van der Waals surface area (Å²) in [6.45, 7) is 3.07. The van der Waals surface area contributed by atoms with Gasteiger partial charge in [0.15, 0.2) is 0 Å². The normalized spacial score (nSPS) is 12.0. The van der Waals surface area contributed by atoms with Crippen molar-refractivity contribution in [2.24, 2.45) is 17.2 Å². The van der Waals surface area contributed by atoms with E-state index in [1.54, 1.807) is 0 Å². The Morgan fingerprint density at radius 2 is 0.826 bits per heavy atom. The lowest BCUT2D eigenvalue weighted by Crippen LogP contribution is -2.06. The summed E-state index contributed by atoms with van der Waals surface area (Å²) in [5.74, 6) is 0. The predicted molar refractivity (Wildman–Crippen MR) is 94.2 cm³/mol. The summed E-state index contributed by atoms with van der Waals surface area (Å²) in [4.78, 5) is 0. The summed E-state index contributed by atoms with van der Waals surface area (Å²) < 4.78 is 28.8. The maximum Gasteiger partial charge on any atom is 0.474 e. The highest BCUT2D eigenvalue weighted by Gasteiger charge is 2.26. The lowest BCUT2D eigenvalue weighted by atomic mass is 10.2. The van der Waals surface area contributed by atoms with Crippen molar-refractivity contribution in [3.63, 3.8) is 0 Å². The molecule has 0 atom stereocenters. The lowest BCUT2D eigenvalue weighted by molar-refractivity contribution is 0.109. The number of phosphoric ester groups is 1. The summed E-state index contributed by atoms with van der Waals surface area (Å²) >= 11 is 0. The van der Waals surface area contributed by atoms with Crippen molar-refractivity contribution in [3.8, 4) is 0 Å². The second kappa shape index (κ2) is 16.8. The first kappa shape index (κ1) is 23.0. The molecule has 23 heavy (non-hydrogen) atoms. The van der Waals surface area contributed by atoms with Crippen LogP contribution >= 0.6 is 7.82 Å². The van der Waals surface area contributed by atoms with Crippen LogP contribution in [0.3, 0.4) is 0 Å². The zero-order chi connectivity index (χ0) is 17.2. The van der Waals surface area contributed by atoms with Gasteiger partial charge in [0.1, 0.15) is 0 Å². The van der Waals surface area contributed by atoms with E-state index < -0.39 is 7.82 Å². The molecule has 0 bridgehead atoms. The average molecular weight is 353 g/mol. The first-order valence-electron chi connectivity index (χ1n) is 8.82. The van der Waals surface area contributed by atoms with Crippen molar-refractivity contribution < 1.29 is 18.1 Å². The highest BCUT2D eigenvalue weighted by atomic mass is 31.2. The Balaban J connectivity index is 4.03. The fourth-order valence-electron chi connectivity index (χ4n) is 1.91. The summed E-state index contributed by atoms with van der Waals surface area (Å²) in [6.07, 6.45) is 8.06. The maximum absolute atomic E-state index is 12.6. The van der Waals surface area contributed by atoms with Crippen molar-refractivity contribution in [1.82, 2.24) is 0 Å². The fourth-order valence-corrected chi connectivity index (χ4v) is 3.19. The standard InChI is InChI=1S/C15H36N3O4P/c16-10-4-1-7-13-20-23(19,21-14-8-2-5-11-17)22-15-9-3-6-12-18/h1-18H2. The molecule has 0 saturated carbocycles. The van der Waals surface area contributed by atoms with Gasteiger partial charge in [0, 0.05) is 0 Å². The number of nitrogens with two attached hydrogens (primary N) is 3. The third-order valence-corrected chi connectivity index (χ3v) is 4.79. The molecule has 0 aliphatic rings. The highest BCUT2D eigenvalue weighted by molar-refractivity contribution is 7.48. The second-order valence-electron chi connectivity index (χ2n) is 5.49. The largest absolute Gasteiger partial charge is 0.474 e. The van der Waals surface area contributed by atoms with Gasteiger partial charge in [-0.2, -0.15) is 0 Å². The molecule has 0 aromatic carbocycles. The Morgan fingerprint density at radius 3 is 1.09 bits per heavy atom. The molecule has 0 amide bonds. The topological polar surface area (TPSA) is 123 Å². The van der Waals surface area contributed by atoms with E-state index in [0.717, 1.165) is 57.8 Å². The molecule has 140 valence electrons. The molecule has 0 rings (SSSR count). The molecule has 0 spiro atoms. The molecule has 0 fully saturated rings. The summed E-state index contributed by atoms with van der Waals surface area (Å²) in [6, 6.07) is 0. The van der Waals surface area contributed by atoms with Crippen LogP contribution < -0.4 is 17.2 Å². The van der Waals surface area contributed by atoms with E-state index >= 15 is 0 Å². The monoisotopic (exact) mass is 353 g/mol. The first-order chi connectivity index (χ1) is 11.2. The van der Waals surface area contributed by atoms with Gasteiger partial charge in [-0.05, 0) is 77.4 Å². The summed E-state index contributed by atoms with van der Waals surface area (Å²) in [5, 5.41) is 0. The number of unbranched alkanes of at least 4 members (excludes halogenated alkanes) is 6. The third-order valence-electron chi connectivity index (χ3n) is 3.29. The van der Waals surface area contributed by atoms with Crippen LogP contribution in [0.4, 0.5) is 0 Å². The maximum atomic E-state index is 12.6. The molecule has 0 aliphatic carbocycles. The van der Waals surface area contributed by atoms with E-state index in [-0.39, 0.29) is 0 Å². The zero-order valence-electron chi connectivity index (χ0n) is 14.4. The Hall–Kier alpha value is -0.0100. The van der Waals surface area contributed by atoms with Crippen molar-refractivity contribution in [3.05, 3.63) is 0 Å². The summed E-state index contributed by atoms with van der Waals surface area (Å²) in [5.41, 5.74) is 16.3. The van der Waals surface area contributed by atoms with E-state index in [0.29, 0.717) is 39.5 Å². The van der Waals surface area contributed by atoms with E-state index in [1.807, 2.05) is 0 Å². The van der Waals surface area contributed by atoms with Crippen LogP contribution in [0.5, 0.6) is 0 Å². The number of hydrogen-bond donors (Lipinski definition) is 3. The van der Waals surface area contributed by atoms with Gasteiger partial charge in [-0.3, -0.25) is 13.6 Å². The first-order valence-corrected chi connectivity index (χ1v) is 10.3. The van der Waals surface area contributed by atoms with Crippen molar-refractivity contribution in [2.75, 3.05) is 39.5 Å². The smallest absolute Gasteiger partial charge is 0.330 e. The van der Waals surface area contributed by atoms with Crippen molar-refractivity contribution in [2.45, 2.75) is 57.8 Å². The fraction of sp³-hybridized carbons (Fsp3) is 1.00. The van der Waals surface area contributed by atoms with Gasteiger partial charge < -0.3 is 17.2 Å². The minimum atomic E-state index is -3.46. The quantitative estimate of drug-likeness (QED) is 0.255. The van der Waals surface area contributed by atoms with Crippen LogP contribution in [0.25, 0.3) is 0 Å². The Kier molecular flexibility index (Phi) is 16.8. The third kappa shape index (κ3) is 15.3.